The number of aromatic hydroxyl groups is 1. The number of carbonyl (C=O) groups excluding carboxylic acids is 1. The fourth-order valence-corrected chi connectivity index (χ4v) is 4.59. The van der Waals surface area contributed by atoms with Crippen LogP contribution >= 0.6 is 11.3 Å². The van der Waals surface area contributed by atoms with Gasteiger partial charge in [0.15, 0.2) is 17.6 Å². The number of phenolic OH excluding ortho intramolecular Hbond substituents is 1. The minimum absolute atomic E-state index is 0.0586. The molecule has 1 amide bonds. The van der Waals surface area contributed by atoms with Gasteiger partial charge in [-0.3, -0.25) is 4.79 Å². The predicted molar refractivity (Wildman–Crippen MR) is 108 cm³/mol. The maximum atomic E-state index is 12.9. The smallest absolute Gasteiger partial charge is 0.254 e. The van der Waals surface area contributed by atoms with Crippen molar-refractivity contribution < 1.29 is 24.1 Å². The lowest BCUT2D eigenvalue weighted by molar-refractivity contribution is -0.158. The lowest BCUT2D eigenvalue weighted by atomic mass is 10.1. The molecular weight excluding hydrogens is 392 g/mol. The number of hydrogen-bond acceptors (Lipinski definition) is 7. The zero-order chi connectivity index (χ0) is 19.8. The van der Waals surface area contributed by atoms with Gasteiger partial charge in [-0.15, -0.1) is 11.3 Å². The molecule has 0 radical (unpaired) electrons. The highest BCUT2D eigenvalue weighted by Crippen LogP contribution is 2.39. The first kappa shape index (κ1) is 18.4. The van der Waals surface area contributed by atoms with Gasteiger partial charge in [0.1, 0.15) is 11.6 Å². The third-order valence-electron chi connectivity index (χ3n) is 5.06. The second-order valence-corrected chi connectivity index (χ2v) is 8.04. The Kier molecular flexibility index (Phi) is 4.83. The van der Waals surface area contributed by atoms with Crippen molar-refractivity contribution in [2.24, 2.45) is 0 Å². The van der Waals surface area contributed by atoms with Crippen molar-refractivity contribution in [3.8, 4) is 22.1 Å². The van der Waals surface area contributed by atoms with Gasteiger partial charge in [0, 0.05) is 17.7 Å². The number of para-hydroxylation sites is 1. The molecule has 1 aromatic heterocycles. The van der Waals surface area contributed by atoms with Gasteiger partial charge in [-0.05, 0) is 24.3 Å². The van der Waals surface area contributed by atoms with Crippen LogP contribution < -0.4 is 4.74 Å². The number of ether oxygens (including phenoxy) is 3. The van der Waals surface area contributed by atoms with Crippen molar-refractivity contribution in [3.05, 3.63) is 42.0 Å². The second kappa shape index (κ2) is 7.62. The third-order valence-corrected chi connectivity index (χ3v) is 6.14. The minimum atomic E-state index is -0.591. The monoisotopic (exact) mass is 412 g/mol. The maximum Gasteiger partial charge on any atom is 0.254 e. The first-order chi connectivity index (χ1) is 14.2. The number of nitrogens with zero attached hydrogens (tertiary/aromatic N) is 2. The van der Waals surface area contributed by atoms with Crippen molar-refractivity contribution in [1.29, 1.82) is 0 Å². The molecular formula is C21H20N2O5S. The van der Waals surface area contributed by atoms with Gasteiger partial charge in [-0.25, -0.2) is 4.98 Å². The lowest BCUT2D eigenvalue weighted by Gasteiger charge is -2.28. The molecule has 1 unspecified atom stereocenters. The van der Waals surface area contributed by atoms with Crippen LogP contribution in [0.3, 0.4) is 0 Å². The van der Waals surface area contributed by atoms with Crippen molar-refractivity contribution in [3.63, 3.8) is 0 Å². The molecule has 1 fully saturated rings. The summed E-state index contributed by atoms with van der Waals surface area (Å²) in [4.78, 5) is 19.2. The van der Waals surface area contributed by atoms with E-state index in [0.29, 0.717) is 38.7 Å². The van der Waals surface area contributed by atoms with Gasteiger partial charge in [-0.2, -0.15) is 0 Å². The standard InChI is InChI=1S/C21H20N2O5S/c24-16-10-13(20-22-15-3-1-2-4-18(15)29-20)9-14-11-23(5-6-28-19(14)16)21(25)17-12-26-7-8-27-17/h1-4,9-10,17,24H,5-8,11-12H2. The SMILES string of the molecule is O=C(C1COCCO1)N1CCOc2c(O)cc(-c3nc4ccccc4s3)cc2C1. The van der Waals surface area contributed by atoms with Gasteiger partial charge in [-0.1, -0.05) is 12.1 Å². The largest absolute Gasteiger partial charge is 0.504 e. The lowest BCUT2D eigenvalue weighted by Crippen LogP contribution is -2.45. The highest BCUT2D eigenvalue weighted by atomic mass is 32.1. The highest BCUT2D eigenvalue weighted by molar-refractivity contribution is 7.21. The number of carbonyl (C=O) groups is 1. The Balaban J connectivity index is 1.47. The number of rotatable bonds is 2. The molecule has 0 aliphatic carbocycles. The zero-order valence-corrected chi connectivity index (χ0v) is 16.5. The van der Waals surface area contributed by atoms with Gasteiger partial charge in [0.25, 0.3) is 5.91 Å². The molecule has 2 aromatic carbocycles. The van der Waals surface area contributed by atoms with Crippen molar-refractivity contribution in [1.82, 2.24) is 9.88 Å². The zero-order valence-electron chi connectivity index (χ0n) is 15.7. The molecule has 3 aromatic rings. The fraction of sp³-hybridized carbons (Fsp3) is 0.333. The van der Waals surface area contributed by atoms with E-state index < -0.39 is 6.10 Å². The third kappa shape index (κ3) is 3.55. The average Bonchev–Trinajstić information content (AvgIpc) is 3.07. The van der Waals surface area contributed by atoms with Crippen molar-refractivity contribution >= 4 is 27.5 Å². The van der Waals surface area contributed by atoms with Crippen LogP contribution in [-0.4, -0.2) is 60.0 Å². The van der Waals surface area contributed by atoms with E-state index in [1.54, 1.807) is 22.3 Å². The van der Waals surface area contributed by atoms with E-state index in [4.69, 9.17) is 14.2 Å². The van der Waals surface area contributed by atoms with E-state index in [9.17, 15) is 9.90 Å². The fourth-order valence-electron chi connectivity index (χ4n) is 3.64. The van der Waals surface area contributed by atoms with Crippen LogP contribution in [0.1, 0.15) is 5.56 Å². The van der Waals surface area contributed by atoms with Gasteiger partial charge < -0.3 is 24.2 Å². The summed E-state index contributed by atoms with van der Waals surface area (Å²) in [7, 11) is 0. The topological polar surface area (TPSA) is 81.1 Å². The van der Waals surface area contributed by atoms with Gasteiger partial charge in [0.2, 0.25) is 0 Å². The molecule has 0 spiro atoms. The van der Waals surface area contributed by atoms with E-state index >= 15 is 0 Å². The summed E-state index contributed by atoms with van der Waals surface area (Å²) < 4.78 is 17.8. The second-order valence-electron chi connectivity index (χ2n) is 7.01. The molecule has 7 nitrogen and oxygen atoms in total. The summed E-state index contributed by atoms with van der Waals surface area (Å²) in [5, 5.41) is 11.4. The van der Waals surface area contributed by atoms with Crippen molar-refractivity contribution in [2.75, 3.05) is 33.0 Å². The quantitative estimate of drug-likeness (QED) is 0.697. The molecule has 8 heteroatoms. The van der Waals surface area contributed by atoms with Crippen LogP contribution in [-0.2, 0) is 20.8 Å². The first-order valence-electron chi connectivity index (χ1n) is 9.52. The van der Waals surface area contributed by atoms with Crippen LogP contribution in [0.5, 0.6) is 11.5 Å². The molecule has 150 valence electrons. The van der Waals surface area contributed by atoms with Gasteiger partial charge in [0.05, 0.1) is 36.6 Å². The molecule has 2 aliphatic rings. The van der Waals surface area contributed by atoms with Crippen LogP contribution in [0.25, 0.3) is 20.8 Å². The van der Waals surface area contributed by atoms with E-state index in [2.05, 4.69) is 4.98 Å². The Morgan fingerprint density at radius 3 is 2.93 bits per heavy atom. The molecule has 0 bridgehead atoms. The normalized spacial score (nSPS) is 19.4. The predicted octanol–water partition coefficient (Wildman–Crippen LogP) is 2.81. The minimum Gasteiger partial charge on any atom is -0.504 e. The van der Waals surface area contributed by atoms with Crippen molar-refractivity contribution in [2.45, 2.75) is 12.6 Å². The Hall–Kier alpha value is -2.68. The number of aromatic nitrogens is 1. The van der Waals surface area contributed by atoms with E-state index in [0.717, 1.165) is 26.4 Å². The summed E-state index contributed by atoms with van der Waals surface area (Å²) in [5.41, 5.74) is 2.48. The van der Waals surface area contributed by atoms with Crippen LogP contribution in [0.15, 0.2) is 36.4 Å². The average molecular weight is 412 g/mol. The first-order valence-corrected chi connectivity index (χ1v) is 10.3. The summed E-state index contributed by atoms with van der Waals surface area (Å²) in [6.45, 7) is 2.25. The highest BCUT2D eigenvalue weighted by Gasteiger charge is 2.30. The summed E-state index contributed by atoms with van der Waals surface area (Å²) in [6.07, 6.45) is -0.591. The Morgan fingerprint density at radius 2 is 2.10 bits per heavy atom. The van der Waals surface area contributed by atoms with Crippen LogP contribution in [0.4, 0.5) is 0 Å². The molecule has 1 saturated heterocycles. The van der Waals surface area contributed by atoms with E-state index in [-0.39, 0.29) is 18.3 Å². The van der Waals surface area contributed by atoms with E-state index in [1.807, 2.05) is 30.3 Å². The number of benzene rings is 2. The number of phenols is 1. The van der Waals surface area contributed by atoms with Crippen LogP contribution in [0.2, 0.25) is 0 Å². The molecule has 3 heterocycles. The summed E-state index contributed by atoms with van der Waals surface area (Å²) >= 11 is 1.56. The Labute approximate surface area is 171 Å². The molecule has 5 rings (SSSR count). The summed E-state index contributed by atoms with van der Waals surface area (Å²) in [5.74, 6) is 0.361. The number of hydrogen-bond donors (Lipinski definition) is 1. The molecule has 0 saturated carbocycles. The number of thiazole rings is 1. The number of fused-ring (bicyclic) bond motifs is 2. The molecule has 1 atom stereocenters. The number of amides is 1. The molecule has 29 heavy (non-hydrogen) atoms. The van der Waals surface area contributed by atoms with Gasteiger partial charge >= 0.3 is 0 Å². The summed E-state index contributed by atoms with van der Waals surface area (Å²) in [6, 6.07) is 11.5. The Morgan fingerprint density at radius 1 is 1.21 bits per heavy atom. The van der Waals surface area contributed by atoms with Crippen LogP contribution in [0, 0.1) is 0 Å². The van der Waals surface area contributed by atoms with E-state index in [1.165, 1.54) is 0 Å². The molecule has 2 aliphatic heterocycles. The molecule has 1 N–H and O–H groups in total. The Bertz CT molecular complexity index is 1030. The maximum absolute atomic E-state index is 12.9.